The first kappa shape index (κ1) is 10.7. The second kappa shape index (κ2) is 4.72. The Kier molecular flexibility index (Phi) is 3.59. The van der Waals surface area contributed by atoms with Crippen molar-refractivity contribution in [3.05, 3.63) is 18.2 Å². The third-order valence-electron chi connectivity index (χ3n) is 2.09. The van der Waals surface area contributed by atoms with Crippen LogP contribution in [0.4, 0.5) is 11.4 Å². The molecule has 4 heteroatoms. The van der Waals surface area contributed by atoms with E-state index < -0.39 is 0 Å². The fourth-order valence-electron chi connectivity index (χ4n) is 1.21. The third kappa shape index (κ3) is 2.09. The molecule has 0 aromatic heterocycles. The van der Waals surface area contributed by atoms with Gasteiger partial charge >= 0.3 is 0 Å². The summed E-state index contributed by atoms with van der Waals surface area (Å²) < 4.78 is 5.14. The average molecular weight is 196 g/mol. The smallest absolute Gasteiger partial charge is 0.121 e. The molecule has 1 aromatic rings. The number of methoxy groups -OCH3 is 1. The van der Waals surface area contributed by atoms with E-state index in [2.05, 4.69) is 5.32 Å². The highest BCUT2D eigenvalue weighted by Crippen LogP contribution is 2.29. The fourth-order valence-corrected chi connectivity index (χ4v) is 1.21. The van der Waals surface area contributed by atoms with Crippen LogP contribution >= 0.6 is 0 Å². The molecule has 0 fully saturated rings. The molecule has 0 aliphatic heterocycles. The highest BCUT2D eigenvalue weighted by atomic mass is 16.7. The van der Waals surface area contributed by atoms with Crippen molar-refractivity contribution in [1.82, 2.24) is 0 Å². The summed E-state index contributed by atoms with van der Waals surface area (Å²) in [6.45, 7) is 0. The Bertz CT molecular complexity index is 302. The van der Waals surface area contributed by atoms with Crippen molar-refractivity contribution in [2.75, 3.05) is 38.7 Å². The van der Waals surface area contributed by atoms with E-state index >= 15 is 0 Å². The monoisotopic (exact) mass is 196 g/mol. The first-order valence-corrected chi connectivity index (χ1v) is 4.36. The molecule has 0 saturated heterocycles. The quantitative estimate of drug-likeness (QED) is 0.744. The number of hydrogen-bond donors (Lipinski definition) is 1. The van der Waals surface area contributed by atoms with Gasteiger partial charge < -0.3 is 10.1 Å². The number of hydroxylamine groups is 1. The maximum atomic E-state index is 5.14. The van der Waals surface area contributed by atoms with Crippen molar-refractivity contribution in [2.24, 2.45) is 0 Å². The largest absolute Gasteiger partial charge is 0.497 e. The Morgan fingerprint density at radius 1 is 1.29 bits per heavy atom. The lowest BCUT2D eigenvalue weighted by atomic mass is 10.2. The molecular weight excluding hydrogens is 180 g/mol. The highest BCUT2D eigenvalue weighted by molar-refractivity contribution is 5.70. The summed E-state index contributed by atoms with van der Waals surface area (Å²) in [5.41, 5.74) is 1.93. The topological polar surface area (TPSA) is 33.7 Å². The molecular formula is C10H16N2O2. The molecule has 0 atom stereocenters. The molecule has 1 rings (SSSR count). The first-order valence-electron chi connectivity index (χ1n) is 4.36. The van der Waals surface area contributed by atoms with Crippen LogP contribution in [0.3, 0.4) is 0 Å². The molecule has 1 N–H and O–H groups in total. The molecule has 14 heavy (non-hydrogen) atoms. The number of hydrogen-bond acceptors (Lipinski definition) is 4. The molecule has 0 amide bonds. The molecule has 1 aromatic carbocycles. The van der Waals surface area contributed by atoms with E-state index in [1.807, 2.05) is 32.3 Å². The molecule has 0 aliphatic rings. The van der Waals surface area contributed by atoms with Gasteiger partial charge in [-0.1, -0.05) is 0 Å². The molecule has 0 spiro atoms. The Labute approximate surface area is 84.4 Å². The zero-order valence-corrected chi connectivity index (χ0v) is 9.00. The maximum Gasteiger partial charge on any atom is 0.121 e. The van der Waals surface area contributed by atoms with E-state index in [0.29, 0.717) is 0 Å². The SMILES string of the molecule is CNc1ccc(OC)cc1N(C)OC. The van der Waals surface area contributed by atoms with Gasteiger partial charge in [0.05, 0.1) is 25.6 Å². The average Bonchev–Trinajstić information content (AvgIpc) is 2.27. The highest BCUT2D eigenvalue weighted by Gasteiger charge is 2.07. The second-order valence-electron chi connectivity index (χ2n) is 2.81. The van der Waals surface area contributed by atoms with Crippen molar-refractivity contribution < 1.29 is 9.57 Å². The van der Waals surface area contributed by atoms with Crippen molar-refractivity contribution >= 4 is 11.4 Å². The predicted octanol–water partition coefficient (Wildman–Crippen LogP) is 1.73. The van der Waals surface area contributed by atoms with E-state index in [1.165, 1.54) is 0 Å². The fraction of sp³-hybridized carbons (Fsp3) is 0.400. The van der Waals surface area contributed by atoms with Crippen LogP contribution in [0.15, 0.2) is 18.2 Å². The van der Waals surface area contributed by atoms with Gasteiger partial charge in [-0.3, -0.25) is 9.90 Å². The molecule has 0 radical (unpaired) electrons. The van der Waals surface area contributed by atoms with Crippen molar-refractivity contribution in [3.8, 4) is 5.75 Å². The van der Waals surface area contributed by atoms with Gasteiger partial charge in [0.1, 0.15) is 5.75 Å². The van der Waals surface area contributed by atoms with Gasteiger partial charge in [0.2, 0.25) is 0 Å². The van der Waals surface area contributed by atoms with Gasteiger partial charge in [-0.05, 0) is 12.1 Å². The predicted molar refractivity (Wildman–Crippen MR) is 58.0 cm³/mol. The number of anilines is 2. The van der Waals surface area contributed by atoms with Crippen LogP contribution in [0.2, 0.25) is 0 Å². The number of benzene rings is 1. The van der Waals surface area contributed by atoms with Crippen molar-refractivity contribution in [2.45, 2.75) is 0 Å². The number of nitrogens with zero attached hydrogens (tertiary/aromatic N) is 1. The minimum atomic E-state index is 0.808. The number of rotatable bonds is 4. The van der Waals surface area contributed by atoms with Crippen molar-refractivity contribution in [3.63, 3.8) is 0 Å². The van der Waals surface area contributed by atoms with Crippen LogP contribution < -0.4 is 15.1 Å². The molecule has 0 heterocycles. The van der Waals surface area contributed by atoms with E-state index in [1.54, 1.807) is 19.3 Å². The van der Waals surface area contributed by atoms with E-state index in [-0.39, 0.29) is 0 Å². The molecule has 0 unspecified atom stereocenters. The second-order valence-corrected chi connectivity index (χ2v) is 2.81. The minimum Gasteiger partial charge on any atom is -0.497 e. The molecule has 0 bridgehead atoms. The summed E-state index contributed by atoms with van der Waals surface area (Å²) >= 11 is 0. The zero-order chi connectivity index (χ0) is 10.6. The van der Waals surface area contributed by atoms with Crippen molar-refractivity contribution in [1.29, 1.82) is 0 Å². The molecule has 0 aliphatic carbocycles. The Hall–Kier alpha value is -1.42. The summed E-state index contributed by atoms with van der Waals surface area (Å²) in [4.78, 5) is 5.12. The normalized spacial score (nSPS) is 9.71. The first-order chi connectivity index (χ1) is 6.72. The Balaban J connectivity index is 3.08. The summed E-state index contributed by atoms with van der Waals surface area (Å²) in [6, 6.07) is 5.76. The summed E-state index contributed by atoms with van der Waals surface area (Å²) in [5, 5.41) is 4.76. The van der Waals surface area contributed by atoms with Crippen LogP contribution in [0.5, 0.6) is 5.75 Å². The van der Waals surface area contributed by atoms with Gasteiger partial charge in [-0.25, -0.2) is 0 Å². The van der Waals surface area contributed by atoms with Crippen LogP contribution in [0, 0.1) is 0 Å². The number of ether oxygens (including phenoxy) is 1. The van der Waals surface area contributed by atoms with Gasteiger partial charge in [0.25, 0.3) is 0 Å². The minimum absolute atomic E-state index is 0.808. The van der Waals surface area contributed by atoms with Crippen LogP contribution in [-0.4, -0.2) is 28.3 Å². The van der Waals surface area contributed by atoms with Gasteiger partial charge in [0, 0.05) is 20.2 Å². The molecule has 0 saturated carbocycles. The third-order valence-corrected chi connectivity index (χ3v) is 2.09. The van der Waals surface area contributed by atoms with E-state index in [0.717, 1.165) is 17.1 Å². The lowest BCUT2D eigenvalue weighted by molar-refractivity contribution is 0.185. The van der Waals surface area contributed by atoms with Crippen LogP contribution in [-0.2, 0) is 4.84 Å². The standard InChI is InChI=1S/C10H16N2O2/c1-11-9-6-5-8(13-3)7-10(9)12(2)14-4/h5-7,11H,1-4H3. The zero-order valence-electron chi connectivity index (χ0n) is 9.00. The Morgan fingerprint density at radius 2 is 2.00 bits per heavy atom. The Morgan fingerprint density at radius 3 is 2.50 bits per heavy atom. The lowest BCUT2D eigenvalue weighted by Crippen LogP contribution is -2.16. The van der Waals surface area contributed by atoms with Crippen LogP contribution in [0.1, 0.15) is 0 Å². The number of nitrogens with one attached hydrogen (secondary N) is 1. The van der Waals surface area contributed by atoms with Gasteiger partial charge in [0.15, 0.2) is 0 Å². The summed E-state index contributed by atoms with van der Waals surface area (Å²) in [7, 11) is 6.98. The van der Waals surface area contributed by atoms with Gasteiger partial charge in [-0.2, -0.15) is 0 Å². The molecule has 78 valence electrons. The van der Waals surface area contributed by atoms with E-state index in [4.69, 9.17) is 9.57 Å². The summed E-state index contributed by atoms with van der Waals surface area (Å²) in [5.74, 6) is 0.808. The summed E-state index contributed by atoms with van der Waals surface area (Å²) in [6.07, 6.45) is 0. The van der Waals surface area contributed by atoms with E-state index in [9.17, 15) is 0 Å². The molecule has 4 nitrogen and oxygen atoms in total. The lowest BCUT2D eigenvalue weighted by Gasteiger charge is -2.20. The van der Waals surface area contributed by atoms with Crippen LogP contribution in [0.25, 0.3) is 0 Å². The van der Waals surface area contributed by atoms with Gasteiger partial charge in [-0.15, -0.1) is 0 Å². The maximum absolute atomic E-state index is 5.14.